The maximum Gasteiger partial charge on any atom is 0.331 e. The maximum absolute atomic E-state index is 12.0. The van der Waals surface area contributed by atoms with Gasteiger partial charge < -0.3 is 10.5 Å². The molecule has 0 saturated carbocycles. The molecule has 0 aliphatic rings. The van der Waals surface area contributed by atoms with Crippen molar-refractivity contribution >= 4 is 17.2 Å². The van der Waals surface area contributed by atoms with E-state index >= 15 is 0 Å². The highest BCUT2D eigenvalue weighted by Crippen LogP contribution is 2.36. The predicted octanol–water partition coefficient (Wildman–Crippen LogP) is 4.42. The van der Waals surface area contributed by atoms with E-state index in [0.29, 0.717) is 0 Å². The van der Waals surface area contributed by atoms with Crippen molar-refractivity contribution < 1.29 is 9.53 Å². The summed E-state index contributed by atoms with van der Waals surface area (Å²) in [6.07, 6.45) is 1.56. The fourth-order valence-electron chi connectivity index (χ4n) is 2.96. The summed E-state index contributed by atoms with van der Waals surface area (Å²) in [5.41, 5.74) is 15.4. The average Bonchev–Trinajstić information content (AvgIpc) is 2.58. The smallest absolute Gasteiger partial charge is 0.331 e. The van der Waals surface area contributed by atoms with Gasteiger partial charge in [0.1, 0.15) is 0 Å². The molecule has 3 heteroatoms. The van der Waals surface area contributed by atoms with Crippen molar-refractivity contribution in [1.82, 2.24) is 0 Å². The number of esters is 1. The van der Waals surface area contributed by atoms with Gasteiger partial charge in [0.05, 0.1) is 7.11 Å². The van der Waals surface area contributed by atoms with Crippen LogP contribution in [-0.4, -0.2) is 13.1 Å². The number of nitrogen functional groups attached to an aromatic ring is 1. The van der Waals surface area contributed by atoms with E-state index in [-0.39, 0.29) is 5.97 Å². The molecule has 0 aliphatic heterocycles. The second-order valence-electron chi connectivity index (χ2n) is 6.24. The second-order valence-corrected chi connectivity index (χ2v) is 6.24. The van der Waals surface area contributed by atoms with E-state index in [2.05, 4.69) is 0 Å². The first kappa shape index (κ1) is 17.8. The minimum Gasteiger partial charge on any atom is -0.466 e. The molecule has 0 radical (unpaired) electrons. The number of methoxy groups -OCH3 is 1. The van der Waals surface area contributed by atoms with Crippen LogP contribution in [0.5, 0.6) is 0 Å². The Balaban J connectivity index is 2.81. The summed E-state index contributed by atoms with van der Waals surface area (Å²) in [6, 6.07) is 8.15. The van der Waals surface area contributed by atoms with Crippen LogP contribution in [0.3, 0.4) is 0 Å². The molecule has 3 nitrogen and oxygen atoms in total. The highest BCUT2D eigenvalue weighted by atomic mass is 16.5. The van der Waals surface area contributed by atoms with Crippen LogP contribution in [0.15, 0.2) is 30.3 Å². The Hall–Kier alpha value is -2.55. The highest BCUT2D eigenvalue weighted by molar-refractivity contribution is 5.98. The van der Waals surface area contributed by atoms with Crippen LogP contribution < -0.4 is 5.73 Å². The van der Waals surface area contributed by atoms with Crippen molar-refractivity contribution in [2.75, 3.05) is 12.8 Å². The van der Waals surface area contributed by atoms with Gasteiger partial charge >= 0.3 is 5.97 Å². The molecule has 0 aromatic heterocycles. The molecule has 0 atom stereocenters. The van der Waals surface area contributed by atoms with Crippen molar-refractivity contribution in [1.29, 1.82) is 0 Å². The summed E-state index contributed by atoms with van der Waals surface area (Å²) in [4.78, 5) is 12.0. The van der Waals surface area contributed by atoms with Crippen LogP contribution >= 0.6 is 0 Å². The lowest BCUT2D eigenvalue weighted by atomic mass is 9.85. The first-order valence-corrected chi connectivity index (χ1v) is 8.00. The van der Waals surface area contributed by atoms with Gasteiger partial charge in [0.2, 0.25) is 0 Å². The van der Waals surface area contributed by atoms with Crippen molar-refractivity contribution in [3.8, 4) is 0 Å². The molecule has 2 N–H and O–H groups in total. The van der Waals surface area contributed by atoms with Gasteiger partial charge in [0, 0.05) is 11.8 Å². The lowest BCUT2D eigenvalue weighted by Crippen LogP contribution is -2.07. The normalized spacial score (nSPS) is 11.5. The van der Waals surface area contributed by atoms with Gasteiger partial charge in [-0.05, 0) is 73.6 Å². The average molecular weight is 323 g/mol. The molecule has 0 spiro atoms. The number of nitrogens with two attached hydrogens (primary N) is 1. The van der Waals surface area contributed by atoms with E-state index in [0.717, 1.165) is 44.6 Å². The number of carbonyl (C=O) groups is 1. The molecule has 0 fully saturated rings. The summed E-state index contributed by atoms with van der Waals surface area (Å²) in [7, 11) is 1.39. The number of carbonyl (C=O) groups excluding carboxylic acids is 1. The predicted molar refractivity (Wildman–Crippen MR) is 100 cm³/mol. The molecule has 24 heavy (non-hydrogen) atoms. The molecule has 0 unspecified atom stereocenters. The summed E-state index contributed by atoms with van der Waals surface area (Å²) in [5.74, 6) is -0.364. The zero-order valence-electron chi connectivity index (χ0n) is 15.3. The lowest BCUT2D eigenvalue weighted by Gasteiger charge is -2.21. The Morgan fingerprint density at radius 3 is 1.88 bits per heavy atom. The number of hydrogen-bond donors (Lipinski definition) is 1. The molecule has 0 saturated heterocycles. The van der Waals surface area contributed by atoms with Crippen LogP contribution in [0.2, 0.25) is 0 Å². The third-order valence-electron chi connectivity index (χ3n) is 4.78. The lowest BCUT2D eigenvalue weighted by molar-refractivity contribution is -0.134. The summed E-state index contributed by atoms with van der Waals surface area (Å²) >= 11 is 0. The third kappa shape index (κ3) is 3.21. The molecular formula is C21H25NO2. The molecule has 0 amide bonds. The summed E-state index contributed by atoms with van der Waals surface area (Å²) in [6.45, 7) is 10.2. The molecule has 0 aliphatic carbocycles. The Kier molecular flexibility index (Phi) is 5.13. The van der Waals surface area contributed by atoms with Gasteiger partial charge in [-0.3, -0.25) is 0 Å². The van der Waals surface area contributed by atoms with E-state index in [1.165, 1.54) is 12.7 Å². The minimum absolute atomic E-state index is 0.364. The monoisotopic (exact) mass is 323 g/mol. The fraction of sp³-hybridized carbons (Fsp3) is 0.286. The zero-order chi connectivity index (χ0) is 18.0. The van der Waals surface area contributed by atoms with Crippen LogP contribution in [-0.2, 0) is 9.53 Å². The Morgan fingerprint density at radius 2 is 1.42 bits per heavy atom. The Morgan fingerprint density at radius 1 is 0.917 bits per heavy atom. The number of rotatable bonds is 3. The van der Waals surface area contributed by atoms with Gasteiger partial charge in [-0.15, -0.1) is 0 Å². The molecule has 0 heterocycles. The number of aryl methyl sites for hydroxylation is 1. The molecule has 2 rings (SSSR count). The third-order valence-corrected chi connectivity index (χ3v) is 4.78. The van der Waals surface area contributed by atoms with Crippen molar-refractivity contribution in [3.63, 3.8) is 0 Å². The zero-order valence-corrected chi connectivity index (χ0v) is 15.3. The molecule has 2 aromatic rings. The van der Waals surface area contributed by atoms with E-state index < -0.39 is 0 Å². The van der Waals surface area contributed by atoms with E-state index in [1.54, 1.807) is 6.08 Å². The van der Waals surface area contributed by atoms with Crippen molar-refractivity contribution in [2.24, 2.45) is 0 Å². The van der Waals surface area contributed by atoms with Gasteiger partial charge in [0.25, 0.3) is 0 Å². The Labute approximate surface area is 144 Å². The number of benzene rings is 2. The maximum atomic E-state index is 12.0. The summed E-state index contributed by atoms with van der Waals surface area (Å²) < 4.78 is 4.87. The molecular weight excluding hydrogens is 298 g/mol. The van der Waals surface area contributed by atoms with Crippen LogP contribution in [0.1, 0.15) is 38.9 Å². The SMILES string of the molecule is COC(=O)/C=C(\c1ccc(C)cc1)c1c(C)c(C)c(N)c(C)c1C. The number of hydrogen-bond acceptors (Lipinski definition) is 3. The first-order valence-electron chi connectivity index (χ1n) is 8.00. The number of anilines is 1. The largest absolute Gasteiger partial charge is 0.466 e. The molecule has 126 valence electrons. The highest BCUT2D eigenvalue weighted by Gasteiger charge is 2.18. The van der Waals surface area contributed by atoms with Crippen molar-refractivity contribution in [3.05, 3.63) is 69.3 Å². The van der Waals surface area contributed by atoms with Crippen LogP contribution in [0.4, 0.5) is 5.69 Å². The number of ether oxygens (including phenoxy) is 1. The molecule has 2 aromatic carbocycles. The van der Waals surface area contributed by atoms with Gasteiger partial charge in [-0.2, -0.15) is 0 Å². The Bertz CT molecular complexity index is 786. The standard InChI is InChI=1S/C21H25NO2/c1-12-7-9-17(10-8-12)18(11-19(23)24-6)20-13(2)15(4)21(22)16(5)14(20)3/h7-11H,22H2,1-6H3/b18-11+. The quantitative estimate of drug-likeness (QED) is 0.517. The second kappa shape index (κ2) is 6.91. The molecule has 0 bridgehead atoms. The van der Waals surface area contributed by atoms with E-state index in [9.17, 15) is 4.79 Å². The van der Waals surface area contributed by atoms with E-state index in [1.807, 2.05) is 58.9 Å². The van der Waals surface area contributed by atoms with Gasteiger partial charge in [-0.25, -0.2) is 4.79 Å². The van der Waals surface area contributed by atoms with Crippen LogP contribution in [0, 0.1) is 34.6 Å². The fourth-order valence-corrected chi connectivity index (χ4v) is 2.96. The van der Waals surface area contributed by atoms with Gasteiger partial charge in [-0.1, -0.05) is 29.8 Å². The first-order chi connectivity index (χ1) is 11.3. The van der Waals surface area contributed by atoms with Crippen LogP contribution in [0.25, 0.3) is 5.57 Å². The summed E-state index contributed by atoms with van der Waals surface area (Å²) in [5, 5.41) is 0. The van der Waals surface area contributed by atoms with E-state index in [4.69, 9.17) is 10.5 Å². The van der Waals surface area contributed by atoms with Crippen molar-refractivity contribution in [2.45, 2.75) is 34.6 Å². The topological polar surface area (TPSA) is 52.3 Å². The minimum atomic E-state index is -0.364. The van der Waals surface area contributed by atoms with Gasteiger partial charge in [0.15, 0.2) is 0 Å².